The molecular weight excluding hydrogens is 312 g/mol. The fraction of sp³-hybridized carbons (Fsp3) is 0.250. The molecule has 1 amide bonds. The summed E-state index contributed by atoms with van der Waals surface area (Å²) in [6.45, 7) is 3.80. The van der Waals surface area contributed by atoms with Gasteiger partial charge in [-0.25, -0.2) is 15.4 Å². The lowest BCUT2D eigenvalue weighted by Crippen LogP contribution is -2.19. The lowest BCUT2D eigenvalue weighted by Gasteiger charge is -2.02. The van der Waals surface area contributed by atoms with E-state index in [1.165, 1.54) is 11.8 Å². The van der Waals surface area contributed by atoms with E-state index < -0.39 is 0 Å². The molecule has 2 rings (SSSR count). The topological polar surface area (TPSA) is 76.5 Å². The Kier molecular flexibility index (Phi) is 6.10. The van der Waals surface area contributed by atoms with E-state index in [1.807, 2.05) is 44.2 Å². The van der Waals surface area contributed by atoms with Crippen LogP contribution in [-0.2, 0) is 4.79 Å². The van der Waals surface area contributed by atoms with Crippen molar-refractivity contribution in [2.75, 3.05) is 12.9 Å². The molecule has 1 N–H and O–H groups in total. The molecule has 0 aliphatic carbocycles. The molecule has 120 valence electrons. The van der Waals surface area contributed by atoms with Gasteiger partial charge in [0.2, 0.25) is 0 Å². The van der Waals surface area contributed by atoms with E-state index in [2.05, 4.69) is 20.5 Å². The van der Waals surface area contributed by atoms with E-state index in [4.69, 9.17) is 4.74 Å². The zero-order valence-corrected chi connectivity index (χ0v) is 14.1. The molecule has 0 atom stereocenters. The van der Waals surface area contributed by atoms with Gasteiger partial charge >= 0.3 is 0 Å². The molecular formula is C16H18N4O2S. The predicted octanol–water partition coefficient (Wildman–Crippen LogP) is 2.34. The molecule has 0 saturated heterocycles. The second-order valence-corrected chi connectivity index (χ2v) is 5.73. The molecule has 1 aromatic carbocycles. The van der Waals surface area contributed by atoms with Crippen molar-refractivity contribution in [1.29, 1.82) is 0 Å². The molecule has 0 radical (unpaired) electrons. The SMILES string of the molecule is COc1cccc(/C=N\NC(=O)CSc2nc(C)cc(C)n2)c1. The van der Waals surface area contributed by atoms with Crippen LogP contribution in [0.5, 0.6) is 5.75 Å². The third-order valence-corrected chi connectivity index (χ3v) is 3.64. The van der Waals surface area contributed by atoms with Crippen LogP contribution in [0.1, 0.15) is 17.0 Å². The monoisotopic (exact) mass is 330 g/mol. The van der Waals surface area contributed by atoms with Gasteiger partial charge in [0.1, 0.15) is 5.75 Å². The highest BCUT2D eigenvalue weighted by molar-refractivity contribution is 7.99. The fourth-order valence-electron chi connectivity index (χ4n) is 1.82. The summed E-state index contributed by atoms with van der Waals surface area (Å²) in [4.78, 5) is 20.3. The van der Waals surface area contributed by atoms with Gasteiger partial charge in [0.05, 0.1) is 19.1 Å². The maximum absolute atomic E-state index is 11.8. The Hall–Kier alpha value is -2.41. The summed E-state index contributed by atoms with van der Waals surface area (Å²) >= 11 is 1.28. The molecule has 0 fully saturated rings. The first-order valence-corrected chi connectivity index (χ1v) is 7.96. The maximum Gasteiger partial charge on any atom is 0.250 e. The molecule has 0 aliphatic rings. The van der Waals surface area contributed by atoms with Gasteiger partial charge < -0.3 is 4.74 Å². The molecule has 23 heavy (non-hydrogen) atoms. The van der Waals surface area contributed by atoms with Gasteiger partial charge in [-0.05, 0) is 37.6 Å². The number of nitrogens with zero attached hydrogens (tertiary/aromatic N) is 3. The number of benzene rings is 1. The Morgan fingerprint density at radius 1 is 1.30 bits per heavy atom. The molecule has 1 heterocycles. The van der Waals surface area contributed by atoms with Gasteiger partial charge in [0.15, 0.2) is 5.16 Å². The molecule has 0 saturated carbocycles. The first kappa shape index (κ1) is 17.0. The fourth-order valence-corrected chi connectivity index (χ4v) is 2.56. The van der Waals surface area contributed by atoms with Crippen molar-refractivity contribution in [2.24, 2.45) is 5.10 Å². The number of rotatable bonds is 6. The number of nitrogens with one attached hydrogen (secondary N) is 1. The molecule has 7 heteroatoms. The number of carbonyl (C=O) groups excluding carboxylic acids is 1. The molecule has 6 nitrogen and oxygen atoms in total. The van der Waals surface area contributed by atoms with Gasteiger partial charge in [-0.15, -0.1) is 0 Å². The highest BCUT2D eigenvalue weighted by Crippen LogP contribution is 2.13. The van der Waals surface area contributed by atoms with Crippen LogP contribution < -0.4 is 10.2 Å². The average Bonchev–Trinajstić information content (AvgIpc) is 2.52. The smallest absolute Gasteiger partial charge is 0.250 e. The minimum absolute atomic E-state index is 0.207. The van der Waals surface area contributed by atoms with Crippen LogP contribution in [0.3, 0.4) is 0 Å². The van der Waals surface area contributed by atoms with E-state index in [0.29, 0.717) is 5.16 Å². The maximum atomic E-state index is 11.8. The Bertz CT molecular complexity index is 699. The van der Waals surface area contributed by atoms with Crippen molar-refractivity contribution < 1.29 is 9.53 Å². The number of carbonyl (C=O) groups is 1. The number of aryl methyl sites for hydroxylation is 2. The third-order valence-electron chi connectivity index (χ3n) is 2.79. The van der Waals surface area contributed by atoms with Crippen molar-refractivity contribution in [1.82, 2.24) is 15.4 Å². The summed E-state index contributed by atoms with van der Waals surface area (Å²) in [7, 11) is 1.60. The lowest BCUT2D eigenvalue weighted by atomic mass is 10.2. The third kappa shape index (κ3) is 5.71. The van der Waals surface area contributed by atoms with Crippen LogP contribution >= 0.6 is 11.8 Å². The highest BCUT2D eigenvalue weighted by atomic mass is 32.2. The van der Waals surface area contributed by atoms with E-state index in [0.717, 1.165) is 22.7 Å². The summed E-state index contributed by atoms with van der Waals surface area (Å²) < 4.78 is 5.12. The van der Waals surface area contributed by atoms with Crippen molar-refractivity contribution in [3.05, 3.63) is 47.3 Å². The van der Waals surface area contributed by atoms with Crippen molar-refractivity contribution >= 4 is 23.9 Å². The number of hydrazone groups is 1. The van der Waals surface area contributed by atoms with Gasteiger partial charge in [0, 0.05) is 11.4 Å². The first-order chi connectivity index (χ1) is 11.1. The zero-order chi connectivity index (χ0) is 16.7. The van der Waals surface area contributed by atoms with Gasteiger partial charge in [-0.1, -0.05) is 23.9 Å². The van der Waals surface area contributed by atoms with Crippen LogP contribution in [0.2, 0.25) is 0 Å². The Balaban J connectivity index is 1.83. The summed E-state index contributed by atoms with van der Waals surface area (Å²) in [5, 5.41) is 4.52. The predicted molar refractivity (Wildman–Crippen MR) is 91.0 cm³/mol. The number of amides is 1. The number of methoxy groups -OCH3 is 1. The molecule has 0 bridgehead atoms. The first-order valence-electron chi connectivity index (χ1n) is 6.98. The van der Waals surface area contributed by atoms with E-state index in [1.54, 1.807) is 13.3 Å². The van der Waals surface area contributed by atoms with Crippen LogP contribution in [0.4, 0.5) is 0 Å². The van der Waals surface area contributed by atoms with E-state index >= 15 is 0 Å². The minimum atomic E-state index is -0.211. The summed E-state index contributed by atoms with van der Waals surface area (Å²) in [5.74, 6) is 0.734. The van der Waals surface area contributed by atoms with Crippen LogP contribution in [0.15, 0.2) is 40.6 Å². The quantitative estimate of drug-likeness (QED) is 0.381. The standard InChI is InChI=1S/C16H18N4O2S/c1-11-7-12(2)19-16(18-11)23-10-15(21)20-17-9-13-5-4-6-14(8-13)22-3/h4-9H,10H2,1-3H3,(H,20,21)/b17-9-. The number of hydrogen-bond donors (Lipinski definition) is 1. The minimum Gasteiger partial charge on any atom is -0.497 e. The van der Waals surface area contributed by atoms with Crippen molar-refractivity contribution in [3.63, 3.8) is 0 Å². The largest absolute Gasteiger partial charge is 0.497 e. The second-order valence-electron chi connectivity index (χ2n) is 4.79. The summed E-state index contributed by atoms with van der Waals surface area (Å²) in [6, 6.07) is 9.29. The second kappa shape index (κ2) is 8.28. The Morgan fingerprint density at radius 2 is 2.04 bits per heavy atom. The Labute approximate surface area is 139 Å². The molecule has 0 aliphatic heterocycles. The van der Waals surface area contributed by atoms with Crippen molar-refractivity contribution in [3.8, 4) is 5.75 Å². The van der Waals surface area contributed by atoms with Crippen LogP contribution in [0.25, 0.3) is 0 Å². The van der Waals surface area contributed by atoms with Gasteiger partial charge in [-0.2, -0.15) is 5.10 Å². The average molecular weight is 330 g/mol. The molecule has 2 aromatic rings. The summed E-state index contributed by atoms with van der Waals surface area (Å²) in [5.41, 5.74) is 5.10. The normalized spacial score (nSPS) is 10.7. The highest BCUT2D eigenvalue weighted by Gasteiger charge is 2.05. The Morgan fingerprint density at radius 3 is 2.74 bits per heavy atom. The number of ether oxygens (including phenoxy) is 1. The number of hydrogen-bond acceptors (Lipinski definition) is 6. The number of aromatic nitrogens is 2. The number of thioether (sulfide) groups is 1. The van der Waals surface area contributed by atoms with Gasteiger partial charge in [0.25, 0.3) is 5.91 Å². The zero-order valence-electron chi connectivity index (χ0n) is 13.2. The summed E-state index contributed by atoms with van der Waals surface area (Å²) in [6.07, 6.45) is 1.57. The van der Waals surface area contributed by atoms with Crippen LogP contribution in [-0.4, -0.2) is 35.0 Å². The molecule has 0 spiro atoms. The van der Waals surface area contributed by atoms with Crippen molar-refractivity contribution in [2.45, 2.75) is 19.0 Å². The van der Waals surface area contributed by atoms with E-state index in [-0.39, 0.29) is 11.7 Å². The van der Waals surface area contributed by atoms with Gasteiger partial charge in [-0.3, -0.25) is 4.79 Å². The van der Waals surface area contributed by atoms with E-state index in [9.17, 15) is 4.79 Å². The van der Waals surface area contributed by atoms with Crippen LogP contribution in [0, 0.1) is 13.8 Å². The lowest BCUT2D eigenvalue weighted by molar-refractivity contribution is -0.118. The molecule has 0 unspecified atom stereocenters. The molecule has 1 aromatic heterocycles.